The molecule has 1 fully saturated rings. The predicted molar refractivity (Wildman–Crippen MR) is 131 cm³/mol. The SMILES string of the molecule is CCC(C(=O)NCC1CCN(c2nc(Cc3ccc(C)cc3)ns2)CC1)c1ccccc1. The Hall–Kier alpha value is -2.73. The van der Waals surface area contributed by atoms with E-state index in [4.69, 9.17) is 4.98 Å². The second kappa shape index (κ2) is 10.7. The highest BCUT2D eigenvalue weighted by atomic mass is 32.1. The number of nitrogens with one attached hydrogen (secondary N) is 1. The molecule has 1 atom stereocenters. The molecule has 0 aliphatic carbocycles. The van der Waals surface area contributed by atoms with Crippen molar-refractivity contribution in [2.75, 3.05) is 24.5 Å². The molecule has 0 bridgehead atoms. The fourth-order valence-corrected chi connectivity index (χ4v) is 5.02. The third-order valence-corrected chi connectivity index (χ3v) is 7.13. The molecule has 2 heterocycles. The number of aryl methyl sites for hydroxylation is 1. The number of nitrogens with zero attached hydrogens (tertiary/aromatic N) is 3. The van der Waals surface area contributed by atoms with Gasteiger partial charge in [-0.3, -0.25) is 4.79 Å². The minimum atomic E-state index is -0.0652. The maximum atomic E-state index is 12.7. The molecule has 0 radical (unpaired) electrons. The van der Waals surface area contributed by atoms with Gasteiger partial charge in [0, 0.05) is 37.6 Å². The summed E-state index contributed by atoms with van der Waals surface area (Å²) in [5, 5.41) is 4.23. The van der Waals surface area contributed by atoms with Crippen LogP contribution in [0, 0.1) is 12.8 Å². The molecule has 5 nitrogen and oxygen atoms in total. The van der Waals surface area contributed by atoms with E-state index in [0.717, 1.165) is 61.8 Å². The van der Waals surface area contributed by atoms with Crippen LogP contribution < -0.4 is 10.2 Å². The molecule has 1 aliphatic heterocycles. The summed E-state index contributed by atoms with van der Waals surface area (Å²) < 4.78 is 4.58. The first-order valence-electron chi connectivity index (χ1n) is 11.6. The van der Waals surface area contributed by atoms with E-state index in [1.54, 1.807) is 0 Å². The molecule has 1 saturated heterocycles. The Labute approximate surface area is 195 Å². The lowest BCUT2D eigenvalue weighted by atomic mass is 9.94. The average molecular weight is 449 g/mol. The van der Waals surface area contributed by atoms with Crippen LogP contribution in [0.5, 0.6) is 0 Å². The number of piperidine rings is 1. The van der Waals surface area contributed by atoms with E-state index in [2.05, 4.69) is 52.7 Å². The fourth-order valence-electron chi connectivity index (χ4n) is 4.29. The van der Waals surface area contributed by atoms with Crippen molar-refractivity contribution < 1.29 is 4.79 Å². The van der Waals surface area contributed by atoms with Gasteiger partial charge in [0.15, 0.2) is 0 Å². The van der Waals surface area contributed by atoms with Crippen LogP contribution in [-0.4, -0.2) is 34.9 Å². The highest BCUT2D eigenvalue weighted by Crippen LogP contribution is 2.26. The zero-order valence-electron chi connectivity index (χ0n) is 19.0. The van der Waals surface area contributed by atoms with Crippen molar-refractivity contribution in [3.63, 3.8) is 0 Å². The zero-order valence-corrected chi connectivity index (χ0v) is 19.8. The fraction of sp³-hybridized carbons (Fsp3) is 0.423. The Morgan fingerprint density at radius 2 is 1.84 bits per heavy atom. The number of rotatable bonds is 8. The van der Waals surface area contributed by atoms with Gasteiger partial charge in [-0.2, -0.15) is 4.37 Å². The summed E-state index contributed by atoms with van der Waals surface area (Å²) in [5.41, 5.74) is 3.61. The number of carbonyl (C=O) groups excluding carboxylic acids is 1. The van der Waals surface area contributed by atoms with Crippen molar-refractivity contribution in [2.45, 2.75) is 45.4 Å². The van der Waals surface area contributed by atoms with Crippen molar-refractivity contribution in [1.29, 1.82) is 0 Å². The second-order valence-electron chi connectivity index (χ2n) is 8.70. The van der Waals surface area contributed by atoms with Crippen LogP contribution in [0.25, 0.3) is 0 Å². The van der Waals surface area contributed by atoms with Crippen LogP contribution in [0.1, 0.15) is 54.6 Å². The molecule has 0 spiro atoms. The number of hydrogen-bond acceptors (Lipinski definition) is 5. The van der Waals surface area contributed by atoms with Crippen molar-refractivity contribution in [1.82, 2.24) is 14.7 Å². The number of amides is 1. The first-order valence-corrected chi connectivity index (χ1v) is 12.4. The van der Waals surface area contributed by atoms with Gasteiger partial charge in [0.1, 0.15) is 5.82 Å². The van der Waals surface area contributed by atoms with Crippen molar-refractivity contribution in [3.05, 3.63) is 77.1 Å². The number of anilines is 1. The summed E-state index contributed by atoms with van der Waals surface area (Å²) in [6.45, 7) is 6.87. The maximum Gasteiger partial charge on any atom is 0.227 e. The number of aromatic nitrogens is 2. The van der Waals surface area contributed by atoms with Gasteiger partial charge < -0.3 is 10.2 Å². The molecular formula is C26H32N4OS. The molecule has 3 aromatic rings. The summed E-state index contributed by atoms with van der Waals surface area (Å²) in [7, 11) is 0. The predicted octanol–water partition coefficient (Wildman–Crippen LogP) is 4.96. The summed E-state index contributed by atoms with van der Waals surface area (Å²) in [6.07, 6.45) is 3.72. The third-order valence-electron chi connectivity index (χ3n) is 6.32. The minimum absolute atomic E-state index is 0.0652. The van der Waals surface area contributed by atoms with Crippen molar-refractivity contribution in [3.8, 4) is 0 Å². The quantitative estimate of drug-likeness (QED) is 0.529. The Morgan fingerprint density at radius 3 is 2.53 bits per heavy atom. The van der Waals surface area contributed by atoms with Gasteiger partial charge in [0.2, 0.25) is 11.0 Å². The molecule has 6 heteroatoms. The molecule has 1 aliphatic rings. The van der Waals surface area contributed by atoms with Gasteiger partial charge in [-0.05, 0) is 43.2 Å². The highest BCUT2D eigenvalue weighted by molar-refractivity contribution is 7.09. The van der Waals surface area contributed by atoms with Gasteiger partial charge in [-0.1, -0.05) is 67.1 Å². The molecular weight excluding hydrogens is 416 g/mol. The maximum absolute atomic E-state index is 12.7. The van der Waals surface area contributed by atoms with E-state index in [0.29, 0.717) is 5.92 Å². The summed E-state index contributed by atoms with van der Waals surface area (Å²) in [4.78, 5) is 19.9. The van der Waals surface area contributed by atoms with Gasteiger partial charge in [0.25, 0.3) is 0 Å². The second-order valence-corrected chi connectivity index (χ2v) is 9.43. The largest absolute Gasteiger partial charge is 0.355 e. The number of benzene rings is 2. The lowest BCUT2D eigenvalue weighted by Crippen LogP contribution is -2.39. The van der Waals surface area contributed by atoms with Gasteiger partial charge >= 0.3 is 0 Å². The van der Waals surface area contributed by atoms with Gasteiger partial charge in [-0.15, -0.1) is 0 Å². The van der Waals surface area contributed by atoms with Gasteiger partial charge in [0.05, 0.1) is 5.92 Å². The molecule has 0 saturated carbocycles. The molecule has 2 aromatic carbocycles. The normalized spacial score (nSPS) is 15.5. The topological polar surface area (TPSA) is 58.1 Å². The number of hydrogen-bond donors (Lipinski definition) is 1. The average Bonchev–Trinajstić information content (AvgIpc) is 3.29. The van der Waals surface area contributed by atoms with Crippen LogP contribution in [-0.2, 0) is 11.2 Å². The highest BCUT2D eigenvalue weighted by Gasteiger charge is 2.24. The first kappa shape index (κ1) is 22.5. The molecule has 4 rings (SSSR count). The van der Waals surface area contributed by atoms with E-state index < -0.39 is 0 Å². The molecule has 1 aromatic heterocycles. The Morgan fingerprint density at radius 1 is 1.12 bits per heavy atom. The molecule has 168 valence electrons. The van der Waals surface area contributed by atoms with Crippen LogP contribution in [0.15, 0.2) is 54.6 Å². The third kappa shape index (κ3) is 5.74. The molecule has 32 heavy (non-hydrogen) atoms. The first-order chi connectivity index (χ1) is 15.6. The van der Waals surface area contributed by atoms with E-state index in [-0.39, 0.29) is 11.8 Å². The van der Waals surface area contributed by atoms with Crippen molar-refractivity contribution >= 4 is 22.6 Å². The molecule has 1 amide bonds. The standard InChI is InChI=1S/C26H32N4OS/c1-3-23(22-7-5-4-6-8-22)25(31)27-18-21-13-15-30(16-14-21)26-28-24(29-32-26)17-20-11-9-19(2)10-12-20/h4-12,21,23H,3,13-18H2,1-2H3,(H,27,31). The summed E-state index contributed by atoms with van der Waals surface area (Å²) in [6, 6.07) is 18.6. The van der Waals surface area contributed by atoms with Crippen molar-refractivity contribution in [2.24, 2.45) is 5.92 Å². The van der Waals surface area contributed by atoms with Gasteiger partial charge in [-0.25, -0.2) is 4.98 Å². The van der Waals surface area contributed by atoms with Crippen LogP contribution in [0.2, 0.25) is 0 Å². The molecule has 1 unspecified atom stereocenters. The van der Waals surface area contributed by atoms with E-state index >= 15 is 0 Å². The number of carbonyl (C=O) groups is 1. The van der Waals surface area contributed by atoms with Crippen LogP contribution >= 0.6 is 11.5 Å². The van der Waals surface area contributed by atoms with Crippen LogP contribution in [0.3, 0.4) is 0 Å². The zero-order chi connectivity index (χ0) is 22.3. The monoisotopic (exact) mass is 448 g/mol. The van der Waals surface area contributed by atoms with Crippen LogP contribution in [0.4, 0.5) is 5.13 Å². The summed E-state index contributed by atoms with van der Waals surface area (Å²) >= 11 is 1.50. The van der Waals surface area contributed by atoms with E-state index in [1.807, 2.05) is 30.3 Å². The Bertz CT molecular complexity index is 994. The lowest BCUT2D eigenvalue weighted by molar-refractivity contribution is -0.122. The lowest BCUT2D eigenvalue weighted by Gasteiger charge is -2.31. The molecule has 1 N–H and O–H groups in total. The minimum Gasteiger partial charge on any atom is -0.355 e. The van der Waals surface area contributed by atoms with E-state index in [9.17, 15) is 4.79 Å². The smallest absolute Gasteiger partial charge is 0.227 e. The Kier molecular flexibility index (Phi) is 7.53. The summed E-state index contributed by atoms with van der Waals surface area (Å²) in [5.74, 6) is 1.49. The van der Waals surface area contributed by atoms with E-state index in [1.165, 1.54) is 22.7 Å². The Balaban J connectivity index is 1.24.